The predicted octanol–water partition coefficient (Wildman–Crippen LogP) is 2.00. The summed E-state index contributed by atoms with van der Waals surface area (Å²) in [6.07, 6.45) is 1.31. The zero-order chi connectivity index (χ0) is 22.4. The molecule has 2 amide bonds. The number of Topliss-reactive ketones (excluding diaryl/α,β-unsaturated/α-hetero) is 2. The monoisotopic (exact) mass is 431 g/mol. The number of anilines is 1. The smallest absolute Gasteiger partial charge is 0.271 e. The van der Waals surface area contributed by atoms with E-state index in [0.29, 0.717) is 19.4 Å². The summed E-state index contributed by atoms with van der Waals surface area (Å²) in [5.74, 6) is -4.01. The minimum absolute atomic E-state index is 0.0821. The highest BCUT2D eigenvalue weighted by Gasteiger charge is 2.76. The zero-order valence-electron chi connectivity index (χ0n) is 16.8. The minimum atomic E-state index is -1.72. The maximum atomic E-state index is 13.7. The third-order valence-corrected chi connectivity index (χ3v) is 7.38. The number of carbonyl (C=O) groups excluding carboxylic acids is 4. The Balaban J connectivity index is 1.53. The van der Waals surface area contributed by atoms with Crippen LogP contribution in [-0.2, 0) is 9.59 Å². The van der Waals surface area contributed by atoms with Crippen LogP contribution >= 0.6 is 0 Å². The van der Waals surface area contributed by atoms with Gasteiger partial charge in [0.15, 0.2) is 17.1 Å². The molecule has 0 N–H and O–H groups in total. The lowest BCUT2D eigenvalue weighted by Gasteiger charge is -2.35. The molecule has 0 bridgehead atoms. The SMILES string of the molecule is O=C1[C@H]2[C@@H](C(=O)N1c1cccc([N+](=O)[O-])c1)C1(C(=O)c3ccccc3C1=O)N1CCC[C@@H]21. The van der Waals surface area contributed by atoms with Gasteiger partial charge in [0.2, 0.25) is 11.8 Å². The lowest BCUT2D eigenvalue weighted by Crippen LogP contribution is -2.59. The third-order valence-electron chi connectivity index (χ3n) is 7.38. The fourth-order valence-corrected chi connectivity index (χ4v) is 6.24. The summed E-state index contributed by atoms with van der Waals surface area (Å²) >= 11 is 0. The predicted molar refractivity (Wildman–Crippen MR) is 110 cm³/mol. The number of hydrogen-bond donors (Lipinski definition) is 0. The Kier molecular flexibility index (Phi) is 3.66. The molecule has 1 spiro atoms. The molecule has 6 rings (SSSR count). The van der Waals surface area contributed by atoms with Crippen LogP contribution in [0.1, 0.15) is 33.6 Å². The number of nitro groups is 1. The standard InChI is InChI=1S/C23H17N3O6/c27-19-14-7-1-2-8-15(14)20(28)23(19)18-17(16-9-4-10-24(16)23)21(29)25(22(18)30)12-5-3-6-13(11-12)26(31)32/h1-3,5-8,11,16-18H,4,9-10H2/t16-,17+,18-/m0/s1. The molecule has 3 saturated heterocycles. The Bertz CT molecular complexity index is 1230. The van der Waals surface area contributed by atoms with Gasteiger partial charge in [-0.05, 0) is 25.5 Å². The first-order chi connectivity index (χ1) is 15.4. The van der Waals surface area contributed by atoms with Crippen molar-refractivity contribution < 1.29 is 24.1 Å². The van der Waals surface area contributed by atoms with Gasteiger partial charge in [-0.25, -0.2) is 4.90 Å². The number of rotatable bonds is 2. The fourth-order valence-electron chi connectivity index (χ4n) is 6.24. The molecule has 9 nitrogen and oxygen atoms in total. The fraction of sp³-hybridized carbons (Fsp3) is 0.304. The van der Waals surface area contributed by atoms with Crippen molar-refractivity contribution in [2.45, 2.75) is 24.4 Å². The molecule has 0 saturated carbocycles. The molecule has 160 valence electrons. The molecule has 2 aromatic carbocycles. The minimum Gasteiger partial charge on any atom is -0.291 e. The first kappa shape index (κ1) is 19.0. The molecule has 4 aliphatic rings. The van der Waals surface area contributed by atoms with Gasteiger partial charge in [-0.3, -0.25) is 34.2 Å². The van der Waals surface area contributed by atoms with E-state index in [1.165, 1.54) is 24.3 Å². The number of non-ortho nitro benzene ring substituents is 1. The Morgan fingerprint density at radius 1 is 0.938 bits per heavy atom. The number of nitro benzene ring substituents is 1. The van der Waals surface area contributed by atoms with Gasteiger partial charge in [-0.2, -0.15) is 0 Å². The Labute approximate surface area is 181 Å². The second kappa shape index (κ2) is 6.17. The lowest BCUT2D eigenvalue weighted by atomic mass is 9.76. The van der Waals surface area contributed by atoms with Gasteiger partial charge < -0.3 is 0 Å². The van der Waals surface area contributed by atoms with Crippen LogP contribution in [0.15, 0.2) is 48.5 Å². The normalized spacial score (nSPS) is 27.9. The number of fused-ring (bicyclic) bond motifs is 6. The Morgan fingerprint density at radius 3 is 2.28 bits per heavy atom. The van der Waals surface area contributed by atoms with Gasteiger partial charge in [-0.15, -0.1) is 0 Å². The van der Waals surface area contributed by atoms with Gasteiger partial charge >= 0.3 is 0 Å². The third kappa shape index (κ3) is 2.02. The maximum Gasteiger partial charge on any atom is 0.271 e. The number of imide groups is 1. The molecule has 0 radical (unpaired) electrons. The number of amides is 2. The van der Waals surface area contributed by atoms with Crippen molar-refractivity contribution in [3.8, 4) is 0 Å². The van der Waals surface area contributed by atoms with E-state index in [1.807, 2.05) is 0 Å². The van der Waals surface area contributed by atoms with Crippen molar-refractivity contribution >= 4 is 34.8 Å². The summed E-state index contributed by atoms with van der Waals surface area (Å²) in [6, 6.07) is 11.4. The molecule has 2 aromatic rings. The van der Waals surface area contributed by atoms with Crippen LogP contribution in [0.2, 0.25) is 0 Å². The average Bonchev–Trinajstić information content (AvgIpc) is 3.48. The van der Waals surface area contributed by atoms with E-state index < -0.39 is 51.7 Å². The van der Waals surface area contributed by atoms with E-state index in [0.717, 1.165) is 4.90 Å². The first-order valence-electron chi connectivity index (χ1n) is 10.5. The highest BCUT2D eigenvalue weighted by molar-refractivity contribution is 6.37. The van der Waals surface area contributed by atoms with Crippen molar-refractivity contribution in [3.63, 3.8) is 0 Å². The van der Waals surface area contributed by atoms with E-state index in [9.17, 15) is 29.3 Å². The van der Waals surface area contributed by atoms with E-state index in [-0.39, 0.29) is 22.5 Å². The quantitative estimate of drug-likeness (QED) is 0.309. The molecule has 3 fully saturated rings. The van der Waals surface area contributed by atoms with Crippen LogP contribution < -0.4 is 4.90 Å². The van der Waals surface area contributed by atoms with Crippen LogP contribution in [0.4, 0.5) is 11.4 Å². The van der Waals surface area contributed by atoms with Crippen LogP contribution in [0.25, 0.3) is 0 Å². The van der Waals surface area contributed by atoms with Gasteiger partial charge in [0, 0.05) is 29.3 Å². The topological polar surface area (TPSA) is 118 Å². The highest BCUT2D eigenvalue weighted by Crippen LogP contribution is 2.57. The Hall–Kier alpha value is -3.72. The highest BCUT2D eigenvalue weighted by atomic mass is 16.6. The molecular formula is C23H17N3O6. The van der Waals surface area contributed by atoms with Crippen LogP contribution in [0.5, 0.6) is 0 Å². The summed E-state index contributed by atoms with van der Waals surface area (Å²) in [5, 5.41) is 11.2. The van der Waals surface area contributed by atoms with E-state index >= 15 is 0 Å². The summed E-state index contributed by atoms with van der Waals surface area (Å²) in [7, 11) is 0. The molecule has 3 heterocycles. The van der Waals surface area contributed by atoms with E-state index in [4.69, 9.17) is 0 Å². The van der Waals surface area contributed by atoms with Crippen molar-refractivity contribution in [2.75, 3.05) is 11.4 Å². The molecule has 3 aliphatic heterocycles. The summed E-state index contributed by atoms with van der Waals surface area (Å²) in [5.41, 5.74) is -1.34. The molecular weight excluding hydrogens is 414 g/mol. The molecule has 3 atom stereocenters. The first-order valence-corrected chi connectivity index (χ1v) is 10.5. The number of hydrogen-bond acceptors (Lipinski definition) is 7. The van der Waals surface area contributed by atoms with Crippen molar-refractivity contribution in [2.24, 2.45) is 11.8 Å². The van der Waals surface area contributed by atoms with Crippen LogP contribution in [0.3, 0.4) is 0 Å². The van der Waals surface area contributed by atoms with Crippen molar-refractivity contribution in [1.29, 1.82) is 0 Å². The van der Waals surface area contributed by atoms with Gasteiger partial charge in [-0.1, -0.05) is 30.3 Å². The maximum absolute atomic E-state index is 13.7. The number of ketones is 2. The summed E-state index contributed by atoms with van der Waals surface area (Å²) < 4.78 is 0. The van der Waals surface area contributed by atoms with Crippen LogP contribution in [0, 0.1) is 22.0 Å². The molecule has 9 heteroatoms. The summed E-state index contributed by atoms with van der Waals surface area (Å²) in [4.78, 5) is 68.0. The van der Waals surface area contributed by atoms with E-state index in [1.54, 1.807) is 29.2 Å². The number of nitrogens with zero attached hydrogens (tertiary/aromatic N) is 3. The molecule has 1 aliphatic carbocycles. The zero-order valence-corrected chi connectivity index (χ0v) is 16.8. The molecule has 32 heavy (non-hydrogen) atoms. The number of carbonyl (C=O) groups is 4. The van der Waals surface area contributed by atoms with Crippen LogP contribution in [-0.4, -0.2) is 51.3 Å². The lowest BCUT2D eigenvalue weighted by molar-refractivity contribution is -0.384. The van der Waals surface area contributed by atoms with E-state index in [2.05, 4.69) is 0 Å². The Morgan fingerprint density at radius 2 is 1.62 bits per heavy atom. The van der Waals surface area contributed by atoms with Gasteiger partial charge in [0.25, 0.3) is 5.69 Å². The van der Waals surface area contributed by atoms with Gasteiger partial charge in [0.1, 0.15) is 0 Å². The van der Waals surface area contributed by atoms with Gasteiger partial charge in [0.05, 0.1) is 22.4 Å². The molecule has 0 unspecified atom stereocenters. The van der Waals surface area contributed by atoms with Crippen molar-refractivity contribution in [3.05, 3.63) is 69.8 Å². The largest absolute Gasteiger partial charge is 0.291 e. The number of benzene rings is 2. The summed E-state index contributed by atoms with van der Waals surface area (Å²) in [6.45, 7) is 0.459. The second-order valence-electron chi connectivity index (χ2n) is 8.67. The molecule has 0 aromatic heterocycles. The van der Waals surface area contributed by atoms with Crippen molar-refractivity contribution in [1.82, 2.24) is 4.90 Å². The average molecular weight is 431 g/mol. The second-order valence-corrected chi connectivity index (χ2v) is 8.67.